The summed E-state index contributed by atoms with van der Waals surface area (Å²) in [5, 5.41) is 8.32. The summed E-state index contributed by atoms with van der Waals surface area (Å²) in [7, 11) is 0. The Labute approximate surface area is 54.2 Å². The molecule has 1 heterocycles. The smallest absolute Gasteiger partial charge is 0.248 e. The van der Waals surface area contributed by atoms with Gasteiger partial charge in [-0.25, -0.2) is 0 Å². The minimum absolute atomic E-state index is 0.618. The minimum Gasteiger partial charge on any atom is -0.341 e. The van der Waals surface area contributed by atoms with E-state index in [9.17, 15) is 0 Å². The number of nitriles is 1. The molecule has 1 aliphatic rings. The quantitative estimate of drug-likeness (QED) is 0.480. The first-order valence-electron chi connectivity index (χ1n) is 3.06. The minimum atomic E-state index is -0.618. The zero-order chi connectivity index (χ0) is 6.53. The molecule has 1 saturated heterocycles. The highest BCUT2D eigenvalue weighted by Crippen LogP contribution is 2.03. The highest BCUT2D eigenvalue weighted by Gasteiger charge is 2.09. The molecule has 1 fully saturated rings. The van der Waals surface area contributed by atoms with Gasteiger partial charge in [0.15, 0.2) is 0 Å². The lowest BCUT2D eigenvalue weighted by molar-refractivity contribution is -0.0870. The van der Waals surface area contributed by atoms with Gasteiger partial charge in [0.05, 0.1) is 13.2 Å². The normalized spacial score (nSPS) is 22.6. The maximum absolute atomic E-state index is 8.32. The van der Waals surface area contributed by atoms with Crippen LogP contribution in [0.15, 0.2) is 0 Å². The summed E-state index contributed by atoms with van der Waals surface area (Å²) in [5.74, 6) is 0. The van der Waals surface area contributed by atoms with Crippen LogP contribution in [0.5, 0.6) is 0 Å². The summed E-state index contributed by atoms with van der Waals surface area (Å²) in [6, 6.07) is 1.90. The molecule has 3 nitrogen and oxygen atoms in total. The summed E-state index contributed by atoms with van der Waals surface area (Å²) in [6.07, 6.45) is 1.38. The van der Waals surface area contributed by atoms with Crippen molar-refractivity contribution >= 4 is 0 Å². The third-order valence-electron chi connectivity index (χ3n) is 1.18. The Balaban J connectivity index is 2.29. The van der Waals surface area contributed by atoms with Gasteiger partial charge in [-0.05, 0) is 12.8 Å². The fourth-order valence-electron chi connectivity index (χ4n) is 0.708. The van der Waals surface area contributed by atoms with E-state index in [4.69, 9.17) is 14.7 Å². The molecule has 3 heteroatoms. The molecule has 0 radical (unpaired) electrons. The van der Waals surface area contributed by atoms with Crippen molar-refractivity contribution < 1.29 is 9.47 Å². The summed E-state index contributed by atoms with van der Waals surface area (Å²) >= 11 is 0. The monoisotopic (exact) mass is 127 g/mol. The van der Waals surface area contributed by atoms with Crippen LogP contribution in [-0.4, -0.2) is 19.5 Å². The van der Waals surface area contributed by atoms with Crippen molar-refractivity contribution in [3.05, 3.63) is 0 Å². The third-order valence-corrected chi connectivity index (χ3v) is 1.18. The Hall–Kier alpha value is -0.590. The molecule has 1 aliphatic heterocycles. The van der Waals surface area contributed by atoms with Crippen molar-refractivity contribution in [2.45, 2.75) is 19.1 Å². The van der Waals surface area contributed by atoms with Crippen molar-refractivity contribution in [1.82, 2.24) is 0 Å². The summed E-state index contributed by atoms with van der Waals surface area (Å²) in [4.78, 5) is 0. The third kappa shape index (κ3) is 2.00. The molecule has 0 aromatic heterocycles. The fourth-order valence-corrected chi connectivity index (χ4v) is 0.708. The first kappa shape index (κ1) is 6.53. The van der Waals surface area contributed by atoms with Gasteiger partial charge in [-0.1, -0.05) is 0 Å². The van der Waals surface area contributed by atoms with Crippen LogP contribution >= 0.6 is 0 Å². The maximum Gasteiger partial charge on any atom is 0.248 e. The Kier molecular flexibility index (Phi) is 2.49. The van der Waals surface area contributed by atoms with Crippen LogP contribution in [0, 0.1) is 11.3 Å². The fraction of sp³-hybridized carbons (Fsp3) is 0.833. The van der Waals surface area contributed by atoms with E-state index in [0.717, 1.165) is 12.8 Å². The maximum atomic E-state index is 8.32. The molecule has 50 valence electrons. The largest absolute Gasteiger partial charge is 0.341 e. The van der Waals surface area contributed by atoms with E-state index >= 15 is 0 Å². The number of rotatable bonds is 0. The summed E-state index contributed by atoms with van der Waals surface area (Å²) in [6.45, 7) is 1.30. The lowest BCUT2D eigenvalue weighted by atomic mass is 10.3. The van der Waals surface area contributed by atoms with Crippen LogP contribution in [-0.2, 0) is 9.47 Å². The van der Waals surface area contributed by atoms with Crippen LogP contribution in [0.3, 0.4) is 0 Å². The predicted octanol–water partition coefficient (Wildman–Crippen LogP) is 0.663. The molecule has 9 heavy (non-hydrogen) atoms. The first-order valence-corrected chi connectivity index (χ1v) is 3.06. The molecular weight excluding hydrogens is 118 g/mol. The SMILES string of the molecule is N#CC1OCCCCO1. The van der Waals surface area contributed by atoms with Gasteiger partial charge < -0.3 is 9.47 Å². The van der Waals surface area contributed by atoms with E-state index in [1.165, 1.54) is 0 Å². The van der Waals surface area contributed by atoms with E-state index in [0.29, 0.717) is 13.2 Å². The van der Waals surface area contributed by atoms with Gasteiger partial charge in [0, 0.05) is 0 Å². The molecule has 0 aromatic carbocycles. The Morgan fingerprint density at radius 1 is 1.22 bits per heavy atom. The summed E-state index contributed by atoms with van der Waals surface area (Å²) in [5.41, 5.74) is 0. The van der Waals surface area contributed by atoms with Crippen molar-refractivity contribution in [1.29, 1.82) is 5.26 Å². The first-order chi connectivity index (χ1) is 4.43. The second-order valence-corrected chi connectivity index (χ2v) is 1.91. The molecule has 0 aliphatic carbocycles. The van der Waals surface area contributed by atoms with Gasteiger partial charge >= 0.3 is 0 Å². The van der Waals surface area contributed by atoms with Crippen LogP contribution in [0.4, 0.5) is 0 Å². The molecule has 0 saturated carbocycles. The molecule has 0 unspecified atom stereocenters. The van der Waals surface area contributed by atoms with Gasteiger partial charge in [-0.3, -0.25) is 0 Å². The zero-order valence-electron chi connectivity index (χ0n) is 5.17. The Morgan fingerprint density at radius 3 is 2.22 bits per heavy atom. The van der Waals surface area contributed by atoms with E-state index < -0.39 is 6.29 Å². The molecule has 0 atom stereocenters. The average molecular weight is 127 g/mol. The second-order valence-electron chi connectivity index (χ2n) is 1.91. The number of hydrogen-bond donors (Lipinski definition) is 0. The molecule has 0 spiro atoms. The molecule has 0 aromatic rings. The number of hydrogen-bond acceptors (Lipinski definition) is 3. The van der Waals surface area contributed by atoms with Crippen molar-refractivity contribution in [2.24, 2.45) is 0 Å². The standard InChI is InChI=1S/C6H9NO2/c7-5-6-8-3-1-2-4-9-6/h6H,1-4H2. The average Bonchev–Trinajstić information content (AvgIpc) is 2.13. The van der Waals surface area contributed by atoms with E-state index in [1.807, 2.05) is 6.07 Å². The van der Waals surface area contributed by atoms with Gasteiger partial charge in [-0.2, -0.15) is 5.26 Å². The van der Waals surface area contributed by atoms with Gasteiger partial charge in [0.1, 0.15) is 6.07 Å². The van der Waals surface area contributed by atoms with Gasteiger partial charge in [0.2, 0.25) is 6.29 Å². The molecule has 0 amide bonds. The van der Waals surface area contributed by atoms with Crippen molar-refractivity contribution in [3.63, 3.8) is 0 Å². The lowest BCUT2D eigenvalue weighted by Gasteiger charge is -2.03. The number of ether oxygens (including phenoxy) is 2. The molecule has 0 bridgehead atoms. The van der Waals surface area contributed by atoms with E-state index in [2.05, 4.69) is 0 Å². The highest BCUT2D eigenvalue weighted by atomic mass is 16.7. The van der Waals surface area contributed by atoms with Crippen LogP contribution in [0.1, 0.15) is 12.8 Å². The van der Waals surface area contributed by atoms with Crippen molar-refractivity contribution in [2.75, 3.05) is 13.2 Å². The van der Waals surface area contributed by atoms with Crippen LogP contribution in [0.25, 0.3) is 0 Å². The van der Waals surface area contributed by atoms with Gasteiger partial charge in [0.25, 0.3) is 0 Å². The van der Waals surface area contributed by atoms with Crippen LogP contribution < -0.4 is 0 Å². The second kappa shape index (κ2) is 3.44. The number of nitrogens with zero attached hydrogens (tertiary/aromatic N) is 1. The van der Waals surface area contributed by atoms with Crippen LogP contribution in [0.2, 0.25) is 0 Å². The topological polar surface area (TPSA) is 42.2 Å². The zero-order valence-corrected chi connectivity index (χ0v) is 5.17. The highest BCUT2D eigenvalue weighted by molar-refractivity contribution is 4.76. The molecule has 1 rings (SSSR count). The van der Waals surface area contributed by atoms with Gasteiger partial charge in [-0.15, -0.1) is 0 Å². The lowest BCUT2D eigenvalue weighted by Crippen LogP contribution is -2.12. The Bertz CT molecular complexity index is 111. The van der Waals surface area contributed by atoms with E-state index in [1.54, 1.807) is 0 Å². The summed E-state index contributed by atoms with van der Waals surface area (Å²) < 4.78 is 9.94. The van der Waals surface area contributed by atoms with E-state index in [-0.39, 0.29) is 0 Å². The predicted molar refractivity (Wildman–Crippen MR) is 30.5 cm³/mol. The van der Waals surface area contributed by atoms with Crippen molar-refractivity contribution in [3.8, 4) is 6.07 Å². The Morgan fingerprint density at radius 2 is 1.78 bits per heavy atom. The molecular formula is C6H9NO2. The molecule has 0 N–H and O–H groups in total.